The summed E-state index contributed by atoms with van der Waals surface area (Å²) in [6.45, 7) is 0.336. The number of aromatic hydroxyl groups is 1. The van der Waals surface area contributed by atoms with Crippen LogP contribution in [0.1, 0.15) is 6.42 Å². The summed E-state index contributed by atoms with van der Waals surface area (Å²) in [5, 5.41) is 21.3. The van der Waals surface area contributed by atoms with Crippen molar-refractivity contribution >= 4 is 28.3 Å². The van der Waals surface area contributed by atoms with Crippen LogP contribution in [-0.2, 0) is 11.3 Å². The molecule has 9 nitrogen and oxygen atoms in total. The lowest BCUT2D eigenvalue weighted by molar-refractivity contribution is -0.118. The van der Waals surface area contributed by atoms with Crippen molar-refractivity contribution in [3.05, 3.63) is 54.7 Å². The lowest BCUT2D eigenvalue weighted by atomic mass is 10.1. The third-order valence-electron chi connectivity index (χ3n) is 4.26. The van der Waals surface area contributed by atoms with Crippen LogP contribution in [-0.4, -0.2) is 36.0 Å². The molecule has 0 aliphatic rings. The molecule has 2 aromatic heterocycles. The molecule has 4 N–H and O–H groups in total. The smallest absolute Gasteiger partial charge is 0.219 e. The van der Waals surface area contributed by atoms with Gasteiger partial charge in [0.05, 0.1) is 23.9 Å². The SMILES string of the molecule is NC(=O)CCn1cc(-c2ccc3ncnc(Nc4cc(O)ccc4F)c3c2)nn1. The van der Waals surface area contributed by atoms with Crippen LogP contribution in [0.5, 0.6) is 5.75 Å². The summed E-state index contributed by atoms with van der Waals surface area (Å²) >= 11 is 0. The molecule has 0 aliphatic carbocycles. The molecule has 29 heavy (non-hydrogen) atoms. The maximum absolute atomic E-state index is 14.1. The number of carbonyl (C=O) groups excluding carboxylic acids is 1. The van der Waals surface area contributed by atoms with Crippen LogP contribution < -0.4 is 11.1 Å². The predicted octanol–water partition coefficient (Wildman–Crippen LogP) is 2.35. The number of nitrogens with zero attached hydrogens (tertiary/aromatic N) is 5. The number of amides is 1. The van der Waals surface area contributed by atoms with Gasteiger partial charge in [0.1, 0.15) is 29.4 Å². The molecule has 10 heteroatoms. The highest BCUT2D eigenvalue weighted by Crippen LogP contribution is 2.29. The van der Waals surface area contributed by atoms with Gasteiger partial charge in [-0.05, 0) is 24.3 Å². The highest BCUT2D eigenvalue weighted by Gasteiger charge is 2.11. The normalized spacial score (nSPS) is 10.9. The number of phenolic OH excluding ortho intramolecular Hbond substituents is 1. The summed E-state index contributed by atoms with van der Waals surface area (Å²) in [6.07, 6.45) is 3.24. The van der Waals surface area contributed by atoms with Gasteiger partial charge in [0.15, 0.2) is 0 Å². The van der Waals surface area contributed by atoms with Gasteiger partial charge < -0.3 is 16.2 Å². The fourth-order valence-corrected chi connectivity index (χ4v) is 2.82. The highest BCUT2D eigenvalue weighted by molar-refractivity contribution is 5.93. The third kappa shape index (κ3) is 3.95. The van der Waals surface area contributed by atoms with Crippen LogP contribution in [0.4, 0.5) is 15.9 Å². The van der Waals surface area contributed by atoms with Crippen molar-refractivity contribution in [3.8, 4) is 17.0 Å². The van der Waals surface area contributed by atoms with E-state index >= 15 is 0 Å². The number of rotatable bonds is 6. The molecule has 0 spiro atoms. The number of fused-ring (bicyclic) bond motifs is 1. The monoisotopic (exact) mass is 393 g/mol. The molecule has 146 valence electrons. The van der Waals surface area contributed by atoms with Gasteiger partial charge in [-0.15, -0.1) is 5.10 Å². The van der Waals surface area contributed by atoms with Crippen LogP contribution in [0.15, 0.2) is 48.9 Å². The number of hydrogen-bond acceptors (Lipinski definition) is 7. The number of halogens is 1. The molecule has 2 aromatic carbocycles. The first-order chi connectivity index (χ1) is 14.0. The van der Waals surface area contributed by atoms with Gasteiger partial charge in [0.25, 0.3) is 0 Å². The molecular weight excluding hydrogens is 377 g/mol. The molecule has 1 amide bonds. The highest BCUT2D eigenvalue weighted by atomic mass is 19.1. The molecule has 0 atom stereocenters. The number of nitrogens with one attached hydrogen (secondary N) is 1. The van der Waals surface area contributed by atoms with E-state index in [4.69, 9.17) is 5.73 Å². The van der Waals surface area contributed by atoms with Gasteiger partial charge in [0.2, 0.25) is 5.91 Å². The van der Waals surface area contributed by atoms with E-state index in [1.54, 1.807) is 18.3 Å². The van der Waals surface area contributed by atoms with Crippen molar-refractivity contribution in [2.24, 2.45) is 5.73 Å². The number of aryl methyl sites for hydroxylation is 1. The van der Waals surface area contributed by atoms with E-state index < -0.39 is 11.7 Å². The molecule has 0 bridgehead atoms. The fraction of sp³-hybridized carbons (Fsp3) is 0.105. The van der Waals surface area contributed by atoms with E-state index in [2.05, 4.69) is 25.6 Å². The molecule has 0 aliphatic heterocycles. The minimum atomic E-state index is -0.525. The first kappa shape index (κ1) is 18.3. The Morgan fingerprint density at radius 2 is 2.07 bits per heavy atom. The van der Waals surface area contributed by atoms with Gasteiger partial charge in [-0.1, -0.05) is 11.3 Å². The zero-order chi connectivity index (χ0) is 20.4. The molecule has 0 radical (unpaired) electrons. The number of phenols is 1. The minimum absolute atomic E-state index is 0.0690. The van der Waals surface area contributed by atoms with E-state index in [1.807, 2.05) is 6.07 Å². The van der Waals surface area contributed by atoms with Crippen LogP contribution >= 0.6 is 0 Å². The molecule has 4 rings (SSSR count). The Kier molecular flexibility index (Phi) is 4.73. The number of benzene rings is 2. The summed E-state index contributed by atoms with van der Waals surface area (Å²) < 4.78 is 15.6. The lowest BCUT2D eigenvalue weighted by Crippen LogP contribution is -2.14. The van der Waals surface area contributed by atoms with Crippen molar-refractivity contribution < 1.29 is 14.3 Å². The van der Waals surface area contributed by atoms with Crippen molar-refractivity contribution in [1.29, 1.82) is 0 Å². The van der Waals surface area contributed by atoms with E-state index in [-0.39, 0.29) is 17.9 Å². The largest absolute Gasteiger partial charge is 0.508 e. The van der Waals surface area contributed by atoms with E-state index in [0.29, 0.717) is 29.0 Å². The standard InChI is InChI=1S/C19H16FN7O2/c20-14-3-2-12(28)8-16(14)24-19-13-7-11(1-4-15(13)22-10-23-19)17-9-27(26-25-17)6-5-18(21)29/h1-4,7-10,28H,5-6H2,(H2,21,29)(H,22,23,24). The minimum Gasteiger partial charge on any atom is -0.508 e. The van der Waals surface area contributed by atoms with E-state index in [9.17, 15) is 14.3 Å². The van der Waals surface area contributed by atoms with E-state index in [0.717, 1.165) is 11.6 Å². The third-order valence-corrected chi connectivity index (χ3v) is 4.26. The molecule has 0 saturated carbocycles. The number of hydrogen-bond donors (Lipinski definition) is 3. The second-order valence-corrected chi connectivity index (χ2v) is 6.33. The van der Waals surface area contributed by atoms with Crippen molar-refractivity contribution in [2.75, 3.05) is 5.32 Å². The number of aromatic nitrogens is 5. The maximum Gasteiger partial charge on any atom is 0.219 e. The maximum atomic E-state index is 14.1. The lowest BCUT2D eigenvalue weighted by Gasteiger charge is -2.10. The second kappa shape index (κ2) is 7.50. The Labute approximate surface area is 164 Å². The number of nitrogens with two attached hydrogens (primary N) is 1. The first-order valence-electron chi connectivity index (χ1n) is 8.69. The molecule has 0 unspecified atom stereocenters. The molecule has 0 fully saturated rings. The van der Waals surface area contributed by atoms with Gasteiger partial charge in [-0.3, -0.25) is 9.48 Å². The fourth-order valence-electron chi connectivity index (χ4n) is 2.82. The van der Waals surface area contributed by atoms with Crippen molar-refractivity contribution in [3.63, 3.8) is 0 Å². The Morgan fingerprint density at radius 3 is 2.90 bits per heavy atom. The molecular formula is C19H16FN7O2. The van der Waals surface area contributed by atoms with Crippen molar-refractivity contribution in [2.45, 2.75) is 13.0 Å². The van der Waals surface area contributed by atoms with Gasteiger partial charge in [-0.25, -0.2) is 14.4 Å². The molecule has 0 saturated heterocycles. The molecule has 4 aromatic rings. The van der Waals surface area contributed by atoms with Crippen LogP contribution in [0.3, 0.4) is 0 Å². The van der Waals surface area contributed by atoms with Gasteiger partial charge >= 0.3 is 0 Å². The zero-order valence-corrected chi connectivity index (χ0v) is 15.1. The summed E-state index contributed by atoms with van der Waals surface area (Å²) in [5.41, 5.74) is 7.23. The van der Waals surface area contributed by atoms with Gasteiger partial charge in [0, 0.05) is 23.4 Å². The average Bonchev–Trinajstić information content (AvgIpc) is 3.18. The average molecular weight is 393 g/mol. The topological polar surface area (TPSA) is 132 Å². The summed E-state index contributed by atoms with van der Waals surface area (Å²) in [5.74, 6) is -0.633. The Bertz CT molecular complexity index is 1210. The summed E-state index contributed by atoms with van der Waals surface area (Å²) in [7, 11) is 0. The summed E-state index contributed by atoms with van der Waals surface area (Å²) in [4.78, 5) is 19.3. The Hall–Kier alpha value is -4.08. The summed E-state index contributed by atoms with van der Waals surface area (Å²) in [6, 6.07) is 9.13. The van der Waals surface area contributed by atoms with Crippen molar-refractivity contribution in [1.82, 2.24) is 25.0 Å². The number of primary amides is 1. The van der Waals surface area contributed by atoms with Crippen LogP contribution in [0.25, 0.3) is 22.2 Å². The van der Waals surface area contributed by atoms with Crippen LogP contribution in [0, 0.1) is 5.82 Å². The van der Waals surface area contributed by atoms with E-state index in [1.165, 1.54) is 23.1 Å². The number of anilines is 2. The quantitative estimate of drug-likeness (QED) is 0.458. The Morgan fingerprint density at radius 1 is 1.21 bits per heavy atom. The first-order valence-corrected chi connectivity index (χ1v) is 8.69. The van der Waals surface area contributed by atoms with Crippen LogP contribution in [0.2, 0.25) is 0 Å². The zero-order valence-electron chi connectivity index (χ0n) is 15.1. The Balaban J connectivity index is 1.69. The number of carbonyl (C=O) groups is 1. The predicted molar refractivity (Wildman–Crippen MR) is 104 cm³/mol. The molecule has 2 heterocycles. The van der Waals surface area contributed by atoms with Gasteiger partial charge in [-0.2, -0.15) is 0 Å². The second-order valence-electron chi connectivity index (χ2n) is 6.33.